The van der Waals surface area contributed by atoms with Crippen LogP contribution in [0, 0.1) is 0 Å². The van der Waals surface area contributed by atoms with Gasteiger partial charge in [-0.1, -0.05) is 0 Å². The van der Waals surface area contributed by atoms with E-state index in [0.717, 1.165) is 0 Å². The van der Waals surface area contributed by atoms with Crippen LogP contribution in [0.4, 0.5) is 0 Å². The van der Waals surface area contributed by atoms with Gasteiger partial charge < -0.3 is 4.42 Å². The summed E-state index contributed by atoms with van der Waals surface area (Å²) in [6.07, 6.45) is 6.19. The Hall–Kier alpha value is -0.760. The monoisotopic (exact) mass is 151 g/mol. The van der Waals surface area contributed by atoms with E-state index in [1.54, 1.807) is 6.26 Å². The van der Waals surface area contributed by atoms with Gasteiger partial charge in [-0.15, -0.1) is 0 Å². The van der Waals surface area contributed by atoms with Crippen molar-refractivity contribution in [2.24, 2.45) is 0 Å². The minimum absolute atomic E-state index is 0.605. The van der Waals surface area contributed by atoms with Crippen LogP contribution in [0.2, 0.25) is 0 Å². The van der Waals surface area contributed by atoms with Gasteiger partial charge >= 0.3 is 0 Å². The molecule has 1 aromatic rings. The average molecular weight is 151 g/mol. The highest BCUT2D eigenvalue weighted by Crippen LogP contribution is 2.29. The number of rotatable bonds is 1. The molecule has 1 aliphatic heterocycles. The van der Waals surface area contributed by atoms with Gasteiger partial charge in [0.05, 0.1) is 12.5 Å². The molecule has 1 saturated heterocycles. The Bertz CT molecular complexity index is 217. The molecule has 1 aliphatic rings. The summed E-state index contributed by atoms with van der Waals surface area (Å²) in [4.78, 5) is 2.38. The summed E-state index contributed by atoms with van der Waals surface area (Å²) in [6.45, 7) is 1.22. The quantitative estimate of drug-likeness (QED) is 0.610. The Kier molecular flexibility index (Phi) is 1.70. The van der Waals surface area contributed by atoms with E-state index in [1.807, 2.05) is 6.26 Å². The lowest BCUT2D eigenvalue weighted by Gasteiger charge is -2.16. The van der Waals surface area contributed by atoms with Crippen LogP contribution in [-0.2, 0) is 0 Å². The maximum Gasteiger partial charge on any atom is 0.0950 e. The van der Waals surface area contributed by atoms with Crippen molar-refractivity contribution < 1.29 is 4.42 Å². The van der Waals surface area contributed by atoms with E-state index in [0.29, 0.717) is 6.04 Å². The summed E-state index contributed by atoms with van der Waals surface area (Å²) in [5, 5.41) is 0. The SMILES string of the molecule is CN1CCCC1c1ccoc1. The largest absolute Gasteiger partial charge is 0.472 e. The summed E-state index contributed by atoms with van der Waals surface area (Å²) < 4.78 is 5.05. The number of furan rings is 1. The molecule has 0 spiro atoms. The minimum Gasteiger partial charge on any atom is -0.472 e. The van der Waals surface area contributed by atoms with E-state index in [9.17, 15) is 0 Å². The topological polar surface area (TPSA) is 16.4 Å². The molecule has 0 radical (unpaired) electrons. The Morgan fingerprint density at radius 1 is 1.64 bits per heavy atom. The van der Waals surface area contributed by atoms with Crippen LogP contribution in [0.1, 0.15) is 24.4 Å². The van der Waals surface area contributed by atoms with Gasteiger partial charge in [0.15, 0.2) is 0 Å². The van der Waals surface area contributed by atoms with E-state index in [1.165, 1.54) is 24.9 Å². The molecule has 1 atom stereocenters. The molecule has 11 heavy (non-hydrogen) atoms. The van der Waals surface area contributed by atoms with Crippen LogP contribution in [0.25, 0.3) is 0 Å². The van der Waals surface area contributed by atoms with Gasteiger partial charge in [-0.05, 0) is 32.5 Å². The van der Waals surface area contributed by atoms with E-state index >= 15 is 0 Å². The van der Waals surface area contributed by atoms with Crippen LogP contribution >= 0.6 is 0 Å². The Morgan fingerprint density at radius 2 is 2.55 bits per heavy atom. The molecule has 0 amide bonds. The molecule has 0 bridgehead atoms. The summed E-state index contributed by atoms with van der Waals surface area (Å²) in [5.41, 5.74) is 1.32. The van der Waals surface area contributed by atoms with Gasteiger partial charge in [-0.2, -0.15) is 0 Å². The summed E-state index contributed by atoms with van der Waals surface area (Å²) in [7, 11) is 2.17. The van der Waals surface area contributed by atoms with Crippen molar-refractivity contribution in [1.29, 1.82) is 0 Å². The Morgan fingerprint density at radius 3 is 3.09 bits per heavy atom. The number of nitrogens with zero attached hydrogens (tertiary/aromatic N) is 1. The van der Waals surface area contributed by atoms with Crippen LogP contribution < -0.4 is 0 Å². The second-order valence-corrected chi connectivity index (χ2v) is 3.20. The fraction of sp³-hybridized carbons (Fsp3) is 0.556. The van der Waals surface area contributed by atoms with E-state index in [-0.39, 0.29) is 0 Å². The summed E-state index contributed by atoms with van der Waals surface area (Å²) in [5.74, 6) is 0. The van der Waals surface area contributed by atoms with Crippen molar-refractivity contribution in [3.05, 3.63) is 24.2 Å². The fourth-order valence-corrected chi connectivity index (χ4v) is 1.80. The number of hydrogen-bond acceptors (Lipinski definition) is 2. The van der Waals surface area contributed by atoms with Gasteiger partial charge in [0, 0.05) is 11.6 Å². The predicted molar refractivity (Wildman–Crippen MR) is 43.3 cm³/mol. The molecule has 0 aromatic carbocycles. The highest BCUT2D eigenvalue weighted by atomic mass is 16.3. The molecular weight excluding hydrogens is 138 g/mol. The molecule has 0 N–H and O–H groups in total. The predicted octanol–water partition coefficient (Wildman–Crippen LogP) is 2.05. The third kappa shape index (κ3) is 1.18. The fourth-order valence-electron chi connectivity index (χ4n) is 1.80. The lowest BCUT2D eigenvalue weighted by atomic mass is 10.1. The van der Waals surface area contributed by atoms with Crippen LogP contribution in [-0.4, -0.2) is 18.5 Å². The first kappa shape index (κ1) is 6.92. The van der Waals surface area contributed by atoms with Crippen molar-refractivity contribution in [3.8, 4) is 0 Å². The lowest BCUT2D eigenvalue weighted by Crippen LogP contribution is -2.16. The van der Waals surface area contributed by atoms with Crippen LogP contribution in [0.15, 0.2) is 23.0 Å². The zero-order valence-electron chi connectivity index (χ0n) is 6.79. The lowest BCUT2D eigenvalue weighted by molar-refractivity contribution is 0.316. The maximum absolute atomic E-state index is 5.05. The first-order valence-corrected chi connectivity index (χ1v) is 4.10. The molecule has 1 fully saturated rings. The van der Waals surface area contributed by atoms with Crippen molar-refractivity contribution in [2.75, 3.05) is 13.6 Å². The molecule has 0 saturated carbocycles. The standard InChI is InChI=1S/C9H13NO/c1-10-5-2-3-9(10)8-4-6-11-7-8/h4,6-7,9H,2-3,5H2,1H3. The van der Waals surface area contributed by atoms with Gasteiger partial charge in [0.2, 0.25) is 0 Å². The van der Waals surface area contributed by atoms with Crippen molar-refractivity contribution in [1.82, 2.24) is 4.90 Å². The summed E-state index contributed by atoms with van der Waals surface area (Å²) in [6, 6.07) is 2.67. The maximum atomic E-state index is 5.05. The molecule has 0 aliphatic carbocycles. The summed E-state index contributed by atoms with van der Waals surface area (Å²) >= 11 is 0. The molecule has 1 unspecified atom stereocenters. The molecule has 2 heterocycles. The number of hydrogen-bond donors (Lipinski definition) is 0. The van der Waals surface area contributed by atoms with Crippen molar-refractivity contribution in [2.45, 2.75) is 18.9 Å². The highest BCUT2D eigenvalue weighted by Gasteiger charge is 2.22. The van der Waals surface area contributed by atoms with E-state index < -0.39 is 0 Å². The van der Waals surface area contributed by atoms with Crippen molar-refractivity contribution in [3.63, 3.8) is 0 Å². The second-order valence-electron chi connectivity index (χ2n) is 3.20. The van der Waals surface area contributed by atoms with Gasteiger partial charge in [0.1, 0.15) is 0 Å². The molecule has 60 valence electrons. The highest BCUT2D eigenvalue weighted by molar-refractivity contribution is 5.12. The smallest absolute Gasteiger partial charge is 0.0950 e. The third-order valence-electron chi connectivity index (χ3n) is 2.45. The van der Waals surface area contributed by atoms with Crippen molar-refractivity contribution >= 4 is 0 Å². The van der Waals surface area contributed by atoms with Gasteiger partial charge in [0.25, 0.3) is 0 Å². The first-order chi connectivity index (χ1) is 5.38. The normalized spacial score (nSPS) is 26.1. The zero-order chi connectivity index (χ0) is 7.68. The first-order valence-electron chi connectivity index (χ1n) is 4.10. The third-order valence-corrected chi connectivity index (χ3v) is 2.45. The number of likely N-dealkylation sites (tertiary alicyclic amines) is 1. The molecule has 2 heteroatoms. The average Bonchev–Trinajstić information content (AvgIpc) is 2.55. The van der Waals surface area contributed by atoms with Gasteiger partial charge in [-0.25, -0.2) is 0 Å². The Labute approximate surface area is 66.8 Å². The molecule has 1 aromatic heterocycles. The van der Waals surface area contributed by atoms with Crippen LogP contribution in [0.3, 0.4) is 0 Å². The van der Waals surface area contributed by atoms with E-state index in [2.05, 4.69) is 18.0 Å². The minimum atomic E-state index is 0.605. The molecular formula is C9H13NO. The van der Waals surface area contributed by atoms with E-state index in [4.69, 9.17) is 4.42 Å². The molecule has 2 rings (SSSR count). The Balaban J connectivity index is 2.16. The van der Waals surface area contributed by atoms with Gasteiger partial charge in [-0.3, -0.25) is 4.90 Å². The molecule has 2 nitrogen and oxygen atoms in total. The zero-order valence-corrected chi connectivity index (χ0v) is 6.79. The van der Waals surface area contributed by atoms with Crippen LogP contribution in [0.5, 0.6) is 0 Å². The second kappa shape index (κ2) is 2.70.